The van der Waals surface area contributed by atoms with Crippen molar-refractivity contribution in [3.8, 4) is 0 Å². The Balaban J connectivity index is 1.60. The molecule has 116 valence electrons. The van der Waals surface area contributed by atoms with E-state index >= 15 is 0 Å². The molecule has 1 aromatic rings. The Morgan fingerprint density at radius 2 is 2.24 bits per heavy atom. The number of fused-ring (bicyclic) bond motifs is 1. The molecule has 0 spiro atoms. The largest absolute Gasteiger partial charge is 0.382 e. The molecule has 1 saturated heterocycles. The number of nitrogens with two attached hydrogens (primary N) is 1. The van der Waals surface area contributed by atoms with E-state index in [2.05, 4.69) is 17.0 Å². The molecular weight excluding hydrogens is 266 g/mol. The highest BCUT2D eigenvalue weighted by molar-refractivity contribution is 5.44. The van der Waals surface area contributed by atoms with Gasteiger partial charge in [-0.05, 0) is 37.3 Å². The minimum atomic E-state index is 0.298. The van der Waals surface area contributed by atoms with Gasteiger partial charge in [0.25, 0.3) is 0 Å². The van der Waals surface area contributed by atoms with Crippen LogP contribution in [0.3, 0.4) is 0 Å². The second-order valence-electron chi connectivity index (χ2n) is 6.00. The average molecular weight is 291 g/mol. The van der Waals surface area contributed by atoms with E-state index in [1.807, 2.05) is 0 Å². The van der Waals surface area contributed by atoms with Crippen molar-refractivity contribution in [2.24, 2.45) is 5.73 Å². The van der Waals surface area contributed by atoms with Gasteiger partial charge in [0.15, 0.2) is 0 Å². The smallest absolute Gasteiger partial charge is 0.128 e. The first-order chi connectivity index (χ1) is 10.3. The quantitative estimate of drug-likeness (QED) is 0.824. The Morgan fingerprint density at radius 3 is 3.10 bits per heavy atom. The second kappa shape index (κ2) is 6.73. The zero-order valence-corrected chi connectivity index (χ0v) is 12.8. The molecule has 0 aromatic carbocycles. The van der Waals surface area contributed by atoms with Gasteiger partial charge in [-0.3, -0.25) is 0 Å². The first-order valence-corrected chi connectivity index (χ1v) is 7.86. The molecule has 1 aromatic heterocycles. The van der Waals surface area contributed by atoms with Crippen LogP contribution in [0.4, 0.5) is 5.82 Å². The number of anilines is 1. The Bertz CT molecular complexity index is 481. The van der Waals surface area contributed by atoms with Crippen molar-refractivity contribution in [1.82, 2.24) is 4.98 Å². The molecule has 1 aliphatic heterocycles. The van der Waals surface area contributed by atoms with Crippen molar-refractivity contribution in [2.45, 2.75) is 37.8 Å². The lowest BCUT2D eigenvalue weighted by molar-refractivity contribution is 0.0280. The van der Waals surface area contributed by atoms with Crippen LogP contribution in [0.15, 0.2) is 12.1 Å². The van der Waals surface area contributed by atoms with Crippen molar-refractivity contribution < 1.29 is 9.47 Å². The molecule has 2 atom stereocenters. The third kappa shape index (κ3) is 3.54. The second-order valence-corrected chi connectivity index (χ2v) is 6.00. The van der Waals surface area contributed by atoms with Gasteiger partial charge in [0, 0.05) is 31.9 Å². The predicted octanol–water partition coefficient (Wildman–Crippen LogP) is 1.14. The molecular formula is C16H25N3O2. The van der Waals surface area contributed by atoms with E-state index in [0.717, 1.165) is 44.6 Å². The number of aryl methyl sites for hydroxylation is 1. The Labute approximate surface area is 126 Å². The van der Waals surface area contributed by atoms with Crippen LogP contribution in [0, 0.1) is 0 Å². The van der Waals surface area contributed by atoms with E-state index in [1.54, 1.807) is 7.11 Å². The Kier molecular flexibility index (Phi) is 4.73. The van der Waals surface area contributed by atoms with Crippen molar-refractivity contribution in [3.63, 3.8) is 0 Å². The minimum Gasteiger partial charge on any atom is -0.382 e. The van der Waals surface area contributed by atoms with Crippen LogP contribution in [0.5, 0.6) is 0 Å². The Hall–Kier alpha value is -1.17. The van der Waals surface area contributed by atoms with Gasteiger partial charge < -0.3 is 20.1 Å². The minimum absolute atomic E-state index is 0.298. The summed E-state index contributed by atoms with van der Waals surface area (Å²) < 4.78 is 10.8. The molecule has 5 nitrogen and oxygen atoms in total. The summed E-state index contributed by atoms with van der Waals surface area (Å²) in [7, 11) is 1.70. The van der Waals surface area contributed by atoms with Crippen molar-refractivity contribution >= 4 is 5.82 Å². The lowest BCUT2D eigenvalue weighted by Gasteiger charge is -2.24. The molecule has 0 saturated carbocycles. The van der Waals surface area contributed by atoms with Crippen molar-refractivity contribution in [1.29, 1.82) is 0 Å². The molecule has 2 aliphatic rings. The summed E-state index contributed by atoms with van der Waals surface area (Å²) in [6.45, 7) is 3.27. The molecule has 1 aliphatic carbocycles. The topological polar surface area (TPSA) is 60.6 Å². The summed E-state index contributed by atoms with van der Waals surface area (Å²) in [5.74, 6) is 1.09. The maximum absolute atomic E-state index is 6.02. The molecule has 21 heavy (non-hydrogen) atoms. The molecule has 2 heterocycles. The van der Waals surface area contributed by atoms with Crippen LogP contribution >= 0.6 is 0 Å². The van der Waals surface area contributed by atoms with E-state index in [4.69, 9.17) is 20.2 Å². The fourth-order valence-corrected chi connectivity index (χ4v) is 3.17. The zero-order valence-electron chi connectivity index (χ0n) is 12.8. The summed E-state index contributed by atoms with van der Waals surface area (Å²) in [5.41, 5.74) is 8.58. The molecule has 2 N–H and O–H groups in total. The van der Waals surface area contributed by atoms with Crippen LogP contribution in [0.2, 0.25) is 0 Å². The number of nitrogens with zero attached hydrogens (tertiary/aromatic N) is 2. The zero-order chi connectivity index (χ0) is 14.7. The maximum Gasteiger partial charge on any atom is 0.128 e. The summed E-state index contributed by atoms with van der Waals surface area (Å²) in [5, 5.41) is 0. The first kappa shape index (κ1) is 14.8. The number of rotatable bonds is 5. The van der Waals surface area contributed by atoms with Crippen LogP contribution in [-0.2, 0) is 22.3 Å². The van der Waals surface area contributed by atoms with Gasteiger partial charge in [0.05, 0.1) is 19.3 Å². The number of aromatic nitrogens is 1. The molecule has 0 amide bonds. The SMILES string of the molecule is COCCOC1CCN(c2ccc3c(n2)CCC(N)C3)C1. The summed E-state index contributed by atoms with van der Waals surface area (Å²) in [6.07, 6.45) is 4.38. The number of hydrogen-bond acceptors (Lipinski definition) is 5. The summed E-state index contributed by atoms with van der Waals surface area (Å²) >= 11 is 0. The number of ether oxygens (including phenoxy) is 2. The number of pyridine rings is 1. The van der Waals surface area contributed by atoms with Crippen LogP contribution in [0.1, 0.15) is 24.1 Å². The van der Waals surface area contributed by atoms with Crippen LogP contribution < -0.4 is 10.6 Å². The monoisotopic (exact) mass is 291 g/mol. The summed E-state index contributed by atoms with van der Waals surface area (Å²) in [4.78, 5) is 7.18. The fourth-order valence-electron chi connectivity index (χ4n) is 3.17. The highest BCUT2D eigenvalue weighted by atomic mass is 16.5. The van der Waals surface area contributed by atoms with E-state index in [1.165, 1.54) is 11.3 Å². The Morgan fingerprint density at radius 1 is 1.33 bits per heavy atom. The normalized spacial score (nSPS) is 25.1. The molecule has 0 radical (unpaired) electrons. The maximum atomic E-state index is 6.02. The van der Waals surface area contributed by atoms with Gasteiger partial charge in [0.2, 0.25) is 0 Å². The lowest BCUT2D eigenvalue weighted by Crippen LogP contribution is -2.29. The molecule has 1 fully saturated rings. The highest BCUT2D eigenvalue weighted by Crippen LogP contribution is 2.25. The standard InChI is InChI=1S/C16H25N3O2/c1-20-8-9-21-14-6-7-19(11-14)16-5-2-12-10-13(17)3-4-15(12)18-16/h2,5,13-14H,3-4,6-11,17H2,1H3. The highest BCUT2D eigenvalue weighted by Gasteiger charge is 2.25. The van der Waals surface area contributed by atoms with Crippen LogP contribution in [-0.4, -0.2) is 50.5 Å². The number of methoxy groups -OCH3 is 1. The van der Waals surface area contributed by atoms with Gasteiger partial charge in [0.1, 0.15) is 5.82 Å². The van der Waals surface area contributed by atoms with Gasteiger partial charge in [-0.2, -0.15) is 0 Å². The van der Waals surface area contributed by atoms with Gasteiger partial charge in [-0.25, -0.2) is 4.98 Å². The van der Waals surface area contributed by atoms with Gasteiger partial charge >= 0.3 is 0 Å². The van der Waals surface area contributed by atoms with E-state index < -0.39 is 0 Å². The van der Waals surface area contributed by atoms with Gasteiger partial charge in [-0.15, -0.1) is 0 Å². The van der Waals surface area contributed by atoms with E-state index in [-0.39, 0.29) is 0 Å². The van der Waals surface area contributed by atoms with Crippen molar-refractivity contribution in [3.05, 3.63) is 23.4 Å². The van der Waals surface area contributed by atoms with E-state index in [9.17, 15) is 0 Å². The molecule has 5 heteroatoms. The predicted molar refractivity (Wildman–Crippen MR) is 82.7 cm³/mol. The third-order valence-electron chi connectivity index (χ3n) is 4.40. The number of hydrogen-bond donors (Lipinski definition) is 1. The molecule has 2 unspecified atom stereocenters. The first-order valence-electron chi connectivity index (χ1n) is 7.86. The molecule has 3 rings (SSSR count). The fraction of sp³-hybridized carbons (Fsp3) is 0.688. The average Bonchev–Trinajstić information content (AvgIpc) is 2.96. The third-order valence-corrected chi connectivity index (χ3v) is 4.40. The van der Waals surface area contributed by atoms with Crippen molar-refractivity contribution in [2.75, 3.05) is 38.3 Å². The molecule has 0 bridgehead atoms. The van der Waals surface area contributed by atoms with E-state index in [0.29, 0.717) is 25.4 Å². The van der Waals surface area contributed by atoms with Crippen LogP contribution in [0.25, 0.3) is 0 Å². The summed E-state index contributed by atoms with van der Waals surface area (Å²) in [6, 6.07) is 4.64. The van der Waals surface area contributed by atoms with Gasteiger partial charge in [-0.1, -0.05) is 6.07 Å². The lowest BCUT2D eigenvalue weighted by atomic mass is 9.92.